The summed E-state index contributed by atoms with van der Waals surface area (Å²) in [5, 5.41) is 3.49. The van der Waals surface area contributed by atoms with Gasteiger partial charge in [0.15, 0.2) is 0 Å². The summed E-state index contributed by atoms with van der Waals surface area (Å²) in [5.41, 5.74) is 0. The number of piperazine rings is 1. The Morgan fingerprint density at radius 2 is 2.11 bits per heavy atom. The smallest absolute Gasteiger partial charge is 0.205 e. The fraction of sp³-hybridized carbons (Fsp3) is 0.786. The van der Waals surface area contributed by atoms with Crippen LogP contribution in [0.25, 0.3) is 0 Å². The zero-order valence-corrected chi connectivity index (χ0v) is 11.3. The van der Waals surface area contributed by atoms with Gasteiger partial charge in [-0.15, -0.1) is 0 Å². The molecule has 0 amide bonds. The van der Waals surface area contributed by atoms with E-state index in [9.17, 15) is 0 Å². The van der Waals surface area contributed by atoms with Crippen LogP contribution in [0.3, 0.4) is 0 Å². The summed E-state index contributed by atoms with van der Waals surface area (Å²) in [4.78, 5) is 7.05. The van der Waals surface area contributed by atoms with Crippen molar-refractivity contribution in [2.45, 2.75) is 51.1 Å². The highest BCUT2D eigenvalue weighted by Crippen LogP contribution is 2.31. The summed E-state index contributed by atoms with van der Waals surface area (Å²) in [6, 6.07) is 1.25. The quantitative estimate of drug-likeness (QED) is 0.871. The minimum atomic E-state index is 0.565. The number of hydrogen-bond donors (Lipinski definition) is 1. The molecule has 0 bridgehead atoms. The van der Waals surface area contributed by atoms with Crippen LogP contribution in [0.1, 0.15) is 45.1 Å². The molecule has 1 aliphatic heterocycles. The van der Waals surface area contributed by atoms with Crippen molar-refractivity contribution in [1.82, 2.24) is 14.9 Å². The largest absolute Gasteiger partial charge is 0.339 e. The first kappa shape index (κ1) is 12.0. The molecule has 1 aromatic rings. The number of nitrogens with one attached hydrogen (secondary N) is 1. The lowest BCUT2D eigenvalue weighted by atomic mass is 9.95. The molecule has 2 heterocycles. The molecule has 100 valence electrons. The Balaban J connectivity index is 1.77. The van der Waals surface area contributed by atoms with Crippen molar-refractivity contribution in [3.8, 4) is 0 Å². The topological polar surface area (TPSA) is 33.1 Å². The molecule has 1 saturated heterocycles. The average molecular weight is 248 g/mol. The molecule has 1 atom stereocenters. The van der Waals surface area contributed by atoms with Gasteiger partial charge in [-0.25, -0.2) is 4.98 Å². The maximum Gasteiger partial charge on any atom is 0.205 e. The van der Waals surface area contributed by atoms with Crippen molar-refractivity contribution in [2.75, 3.05) is 24.5 Å². The van der Waals surface area contributed by atoms with Gasteiger partial charge in [-0.1, -0.05) is 19.3 Å². The van der Waals surface area contributed by atoms with Crippen LogP contribution in [0.15, 0.2) is 12.4 Å². The van der Waals surface area contributed by atoms with Gasteiger partial charge in [0.2, 0.25) is 5.95 Å². The van der Waals surface area contributed by atoms with Gasteiger partial charge in [0, 0.05) is 44.1 Å². The molecule has 2 aliphatic rings. The van der Waals surface area contributed by atoms with Gasteiger partial charge in [-0.2, -0.15) is 0 Å². The molecule has 0 spiro atoms. The van der Waals surface area contributed by atoms with Gasteiger partial charge in [0.1, 0.15) is 0 Å². The lowest BCUT2D eigenvalue weighted by molar-refractivity contribution is 0.350. The molecule has 1 aliphatic carbocycles. The van der Waals surface area contributed by atoms with E-state index in [2.05, 4.69) is 32.9 Å². The Kier molecular flexibility index (Phi) is 3.55. The SMILES string of the molecule is CC1CN(c2nccn2C2CCCCC2)CCN1. The first-order valence-electron chi connectivity index (χ1n) is 7.36. The van der Waals surface area contributed by atoms with Crippen LogP contribution in [0.4, 0.5) is 5.95 Å². The van der Waals surface area contributed by atoms with Crippen LogP contribution >= 0.6 is 0 Å². The van der Waals surface area contributed by atoms with Gasteiger partial charge in [0.25, 0.3) is 0 Å². The first-order valence-corrected chi connectivity index (χ1v) is 7.36. The van der Waals surface area contributed by atoms with E-state index in [-0.39, 0.29) is 0 Å². The lowest BCUT2D eigenvalue weighted by Crippen LogP contribution is -2.50. The molecule has 18 heavy (non-hydrogen) atoms. The minimum Gasteiger partial charge on any atom is -0.339 e. The fourth-order valence-electron chi connectivity index (χ4n) is 3.31. The number of hydrogen-bond acceptors (Lipinski definition) is 3. The number of anilines is 1. The maximum atomic E-state index is 4.61. The molecule has 1 saturated carbocycles. The van der Waals surface area contributed by atoms with E-state index < -0.39 is 0 Å². The van der Waals surface area contributed by atoms with Crippen molar-refractivity contribution in [2.24, 2.45) is 0 Å². The summed E-state index contributed by atoms with van der Waals surface area (Å²) in [5.74, 6) is 1.19. The van der Waals surface area contributed by atoms with Crippen LogP contribution in [-0.2, 0) is 0 Å². The van der Waals surface area contributed by atoms with Crippen molar-refractivity contribution < 1.29 is 0 Å². The molecule has 1 aromatic heterocycles. The second-order valence-corrected chi connectivity index (χ2v) is 5.73. The van der Waals surface area contributed by atoms with Crippen LogP contribution in [0.2, 0.25) is 0 Å². The zero-order chi connectivity index (χ0) is 12.4. The van der Waals surface area contributed by atoms with E-state index in [1.807, 2.05) is 6.20 Å². The van der Waals surface area contributed by atoms with Crippen molar-refractivity contribution in [3.05, 3.63) is 12.4 Å². The Hall–Kier alpha value is -1.03. The van der Waals surface area contributed by atoms with Crippen LogP contribution < -0.4 is 10.2 Å². The second-order valence-electron chi connectivity index (χ2n) is 5.73. The molecule has 0 aromatic carbocycles. The third kappa shape index (κ3) is 2.39. The van der Waals surface area contributed by atoms with Gasteiger partial charge in [0.05, 0.1) is 0 Å². The molecule has 4 nitrogen and oxygen atoms in total. The van der Waals surface area contributed by atoms with Crippen LogP contribution in [-0.4, -0.2) is 35.2 Å². The number of imidazole rings is 1. The van der Waals surface area contributed by atoms with E-state index in [1.165, 1.54) is 38.1 Å². The third-order valence-electron chi connectivity index (χ3n) is 4.27. The molecule has 0 radical (unpaired) electrons. The highest BCUT2D eigenvalue weighted by molar-refractivity contribution is 5.33. The third-order valence-corrected chi connectivity index (χ3v) is 4.27. The predicted octanol–water partition coefficient (Wildman–Crippen LogP) is 2.19. The standard InChI is InChI=1S/C14H24N4/c1-12-11-17(9-7-15-12)14-16-8-10-18(14)13-5-3-2-4-6-13/h8,10,12-13,15H,2-7,9,11H2,1H3. The molecular formula is C14H24N4. The van der Waals surface area contributed by atoms with Crippen molar-refractivity contribution >= 4 is 5.95 Å². The van der Waals surface area contributed by atoms with Crippen LogP contribution in [0.5, 0.6) is 0 Å². The summed E-state index contributed by atoms with van der Waals surface area (Å²) in [6.07, 6.45) is 11.0. The maximum absolute atomic E-state index is 4.61. The number of rotatable bonds is 2. The van der Waals surface area contributed by atoms with Gasteiger partial charge in [-0.05, 0) is 19.8 Å². The van der Waals surface area contributed by atoms with E-state index in [4.69, 9.17) is 0 Å². The second kappa shape index (κ2) is 5.31. The number of aromatic nitrogens is 2. The molecule has 2 fully saturated rings. The summed E-state index contributed by atoms with van der Waals surface area (Å²) < 4.78 is 2.43. The monoisotopic (exact) mass is 248 g/mol. The van der Waals surface area contributed by atoms with Crippen molar-refractivity contribution in [3.63, 3.8) is 0 Å². The van der Waals surface area contributed by atoms with E-state index in [1.54, 1.807) is 0 Å². The Morgan fingerprint density at radius 3 is 2.89 bits per heavy atom. The van der Waals surface area contributed by atoms with Gasteiger partial charge < -0.3 is 14.8 Å². The Labute approximate surface area is 109 Å². The highest BCUT2D eigenvalue weighted by Gasteiger charge is 2.23. The molecular weight excluding hydrogens is 224 g/mol. The highest BCUT2D eigenvalue weighted by atomic mass is 15.3. The minimum absolute atomic E-state index is 0.565. The predicted molar refractivity (Wildman–Crippen MR) is 74.0 cm³/mol. The average Bonchev–Trinajstić information content (AvgIpc) is 2.89. The first-order chi connectivity index (χ1) is 8.84. The van der Waals surface area contributed by atoms with Crippen molar-refractivity contribution in [1.29, 1.82) is 0 Å². The van der Waals surface area contributed by atoms with Crippen LogP contribution in [0, 0.1) is 0 Å². The Bertz CT molecular complexity index is 381. The van der Waals surface area contributed by atoms with Gasteiger partial charge in [-0.3, -0.25) is 0 Å². The Morgan fingerprint density at radius 1 is 1.28 bits per heavy atom. The van der Waals surface area contributed by atoms with E-state index >= 15 is 0 Å². The summed E-state index contributed by atoms with van der Waals surface area (Å²) in [6.45, 7) is 5.47. The van der Waals surface area contributed by atoms with Gasteiger partial charge >= 0.3 is 0 Å². The number of nitrogens with zero attached hydrogens (tertiary/aromatic N) is 3. The lowest BCUT2D eigenvalue weighted by Gasteiger charge is -2.35. The molecule has 3 rings (SSSR count). The summed E-state index contributed by atoms with van der Waals surface area (Å²) >= 11 is 0. The summed E-state index contributed by atoms with van der Waals surface area (Å²) in [7, 11) is 0. The molecule has 1 N–H and O–H groups in total. The molecule has 4 heteroatoms. The van der Waals surface area contributed by atoms with E-state index in [0.29, 0.717) is 12.1 Å². The molecule has 1 unspecified atom stereocenters. The zero-order valence-electron chi connectivity index (χ0n) is 11.3. The van der Waals surface area contributed by atoms with E-state index in [0.717, 1.165) is 19.6 Å². The normalized spacial score (nSPS) is 26.5. The fourth-order valence-corrected chi connectivity index (χ4v) is 3.31.